The smallest absolute Gasteiger partial charge is 0.228 e. The highest BCUT2D eigenvalue weighted by Gasteiger charge is 2.09. The van der Waals surface area contributed by atoms with Crippen LogP contribution in [0.2, 0.25) is 10.3 Å². The van der Waals surface area contributed by atoms with Crippen LogP contribution in [-0.4, -0.2) is 23.1 Å². The van der Waals surface area contributed by atoms with Crippen LogP contribution in [0.25, 0.3) is 0 Å². The maximum absolute atomic E-state index is 5.74. The Kier molecular flexibility index (Phi) is 3.33. The van der Waals surface area contributed by atoms with Gasteiger partial charge in [-0.15, -0.1) is 0 Å². The van der Waals surface area contributed by atoms with E-state index < -0.39 is 0 Å². The highest BCUT2D eigenvalue weighted by molar-refractivity contribution is 6.33. The van der Waals surface area contributed by atoms with Crippen LogP contribution < -0.4 is 4.90 Å². The Morgan fingerprint density at radius 1 is 1.23 bits per heavy atom. The first-order valence-corrected chi connectivity index (χ1v) is 4.69. The van der Waals surface area contributed by atoms with E-state index in [0.29, 0.717) is 22.3 Å². The molecule has 1 aromatic heterocycles. The SMILES string of the molecule is CC(C)N(C)c1nc(Cl)cc(Cl)n1. The van der Waals surface area contributed by atoms with Crippen molar-refractivity contribution in [1.29, 1.82) is 0 Å². The lowest BCUT2D eigenvalue weighted by Gasteiger charge is -2.21. The molecule has 1 rings (SSSR count). The molecule has 0 unspecified atom stereocenters. The molecule has 3 nitrogen and oxygen atoms in total. The molecule has 0 atom stereocenters. The fraction of sp³-hybridized carbons (Fsp3) is 0.500. The molecule has 0 spiro atoms. The maximum Gasteiger partial charge on any atom is 0.228 e. The van der Waals surface area contributed by atoms with E-state index >= 15 is 0 Å². The molecule has 5 heteroatoms. The summed E-state index contributed by atoms with van der Waals surface area (Å²) in [6, 6.07) is 1.83. The van der Waals surface area contributed by atoms with Gasteiger partial charge in [0.25, 0.3) is 0 Å². The Hall–Kier alpha value is -0.540. The molecule has 0 N–H and O–H groups in total. The van der Waals surface area contributed by atoms with Crippen molar-refractivity contribution in [3.05, 3.63) is 16.4 Å². The number of anilines is 1. The summed E-state index contributed by atoms with van der Waals surface area (Å²) in [5.41, 5.74) is 0. The van der Waals surface area contributed by atoms with Crippen LogP contribution in [0.15, 0.2) is 6.07 Å². The van der Waals surface area contributed by atoms with Crippen molar-refractivity contribution in [3.8, 4) is 0 Å². The second-order valence-electron chi connectivity index (χ2n) is 3.02. The van der Waals surface area contributed by atoms with Crippen LogP contribution in [-0.2, 0) is 0 Å². The van der Waals surface area contributed by atoms with Crippen LogP contribution in [0.5, 0.6) is 0 Å². The summed E-state index contributed by atoms with van der Waals surface area (Å²) >= 11 is 11.5. The summed E-state index contributed by atoms with van der Waals surface area (Å²) < 4.78 is 0. The standard InChI is InChI=1S/C8H11Cl2N3/c1-5(2)13(3)8-11-6(9)4-7(10)12-8/h4-5H,1-3H3. The zero-order valence-electron chi connectivity index (χ0n) is 7.75. The molecule has 0 aromatic carbocycles. The molecule has 0 aliphatic carbocycles. The second kappa shape index (κ2) is 4.11. The van der Waals surface area contributed by atoms with Gasteiger partial charge in [-0.25, -0.2) is 9.97 Å². The average Bonchev–Trinajstić information content (AvgIpc) is 2.01. The minimum absolute atomic E-state index is 0.314. The van der Waals surface area contributed by atoms with Gasteiger partial charge < -0.3 is 4.90 Å². The van der Waals surface area contributed by atoms with Crippen molar-refractivity contribution < 1.29 is 0 Å². The first kappa shape index (κ1) is 10.5. The van der Waals surface area contributed by atoms with Gasteiger partial charge in [0.2, 0.25) is 5.95 Å². The lowest BCUT2D eigenvalue weighted by molar-refractivity contribution is 0.729. The highest BCUT2D eigenvalue weighted by Crippen LogP contribution is 2.17. The van der Waals surface area contributed by atoms with Crippen molar-refractivity contribution in [2.75, 3.05) is 11.9 Å². The Morgan fingerprint density at radius 3 is 2.08 bits per heavy atom. The van der Waals surface area contributed by atoms with E-state index in [-0.39, 0.29) is 0 Å². The van der Waals surface area contributed by atoms with Gasteiger partial charge in [0.05, 0.1) is 0 Å². The van der Waals surface area contributed by atoms with E-state index in [1.807, 2.05) is 25.8 Å². The van der Waals surface area contributed by atoms with Gasteiger partial charge in [-0.3, -0.25) is 0 Å². The summed E-state index contributed by atoms with van der Waals surface area (Å²) in [6.07, 6.45) is 0. The van der Waals surface area contributed by atoms with Gasteiger partial charge >= 0.3 is 0 Å². The lowest BCUT2D eigenvalue weighted by Crippen LogP contribution is -2.27. The summed E-state index contributed by atoms with van der Waals surface area (Å²) in [6.45, 7) is 4.08. The number of aromatic nitrogens is 2. The van der Waals surface area contributed by atoms with Crippen molar-refractivity contribution in [3.63, 3.8) is 0 Å². The highest BCUT2D eigenvalue weighted by atomic mass is 35.5. The molecule has 0 aliphatic rings. The van der Waals surface area contributed by atoms with Crippen molar-refractivity contribution in [2.45, 2.75) is 19.9 Å². The molecule has 1 aromatic rings. The first-order chi connectivity index (χ1) is 6.00. The van der Waals surface area contributed by atoms with Gasteiger partial charge in [-0.05, 0) is 13.8 Å². The third-order valence-electron chi connectivity index (χ3n) is 1.74. The Balaban J connectivity index is 3.01. The van der Waals surface area contributed by atoms with Crippen LogP contribution in [0.1, 0.15) is 13.8 Å². The molecule has 72 valence electrons. The van der Waals surface area contributed by atoms with E-state index in [1.165, 1.54) is 6.07 Å². The molecule has 0 radical (unpaired) electrons. The van der Waals surface area contributed by atoms with Gasteiger partial charge in [0, 0.05) is 19.2 Å². The van der Waals surface area contributed by atoms with Gasteiger partial charge in [-0.2, -0.15) is 0 Å². The number of nitrogens with zero attached hydrogens (tertiary/aromatic N) is 3. The second-order valence-corrected chi connectivity index (χ2v) is 3.79. The molecule has 1 heterocycles. The zero-order valence-corrected chi connectivity index (χ0v) is 9.26. The zero-order chi connectivity index (χ0) is 10.0. The van der Waals surface area contributed by atoms with Crippen molar-refractivity contribution >= 4 is 29.2 Å². The lowest BCUT2D eigenvalue weighted by atomic mass is 10.4. The van der Waals surface area contributed by atoms with Crippen LogP contribution >= 0.6 is 23.2 Å². The predicted octanol–water partition coefficient (Wildman–Crippen LogP) is 2.63. The van der Waals surface area contributed by atoms with Crippen LogP contribution in [0.4, 0.5) is 5.95 Å². The minimum Gasteiger partial charge on any atom is -0.341 e. The van der Waals surface area contributed by atoms with Gasteiger partial charge in [0.1, 0.15) is 10.3 Å². The first-order valence-electron chi connectivity index (χ1n) is 3.93. The molecule has 0 aliphatic heterocycles. The monoisotopic (exact) mass is 219 g/mol. The molecular formula is C8H11Cl2N3. The third kappa shape index (κ3) is 2.71. The van der Waals surface area contributed by atoms with E-state index in [4.69, 9.17) is 23.2 Å². The molecule has 0 saturated heterocycles. The Bertz CT molecular complexity index is 281. The molecule has 0 fully saturated rings. The fourth-order valence-corrected chi connectivity index (χ4v) is 1.18. The Labute approximate surface area is 87.7 Å². The number of hydrogen-bond donors (Lipinski definition) is 0. The van der Waals surface area contributed by atoms with Crippen molar-refractivity contribution in [1.82, 2.24) is 9.97 Å². The van der Waals surface area contributed by atoms with Crippen LogP contribution in [0, 0.1) is 0 Å². The van der Waals surface area contributed by atoms with E-state index in [9.17, 15) is 0 Å². The topological polar surface area (TPSA) is 29.0 Å². The summed E-state index contributed by atoms with van der Waals surface area (Å²) in [7, 11) is 1.90. The predicted molar refractivity (Wildman–Crippen MR) is 55.6 cm³/mol. The third-order valence-corrected chi connectivity index (χ3v) is 2.13. The van der Waals surface area contributed by atoms with Gasteiger partial charge in [0.15, 0.2) is 0 Å². The Morgan fingerprint density at radius 2 is 1.69 bits per heavy atom. The quantitative estimate of drug-likeness (QED) is 0.717. The molecule has 0 bridgehead atoms. The molecule has 0 amide bonds. The van der Waals surface area contributed by atoms with E-state index in [1.54, 1.807) is 0 Å². The van der Waals surface area contributed by atoms with Gasteiger partial charge in [-0.1, -0.05) is 23.2 Å². The number of hydrogen-bond acceptors (Lipinski definition) is 3. The normalized spacial score (nSPS) is 10.6. The average molecular weight is 220 g/mol. The number of rotatable bonds is 2. The molecule has 13 heavy (non-hydrogen) atoms. The minimum atomic E-state index is 0.314. The summed E-state index contributed by atoms with van der Waals surface area (Å²) in [5, 5.41) is 0.727. The number of halogens is 2. The summed E-state index contributed by atoms with van der Waals surface area (Å²) in [4.78, 5) is 10.0. The van der Waals surface area contributed by atoms with E-state index in [0.717, 1.165) is 0 Å². The fourth-order valence-electron chi connectivity index (χ4n) is 0.768. The van der Waals surface area contributed by atoms with E-state index in [2.05, 4.69) is 9.97 Å². The molecule has 0 saturated carbocycles. The van der Waals surface area contributed by atoms with Crippen molar-refractivity contribution in [2.24, 2.45) is 0 Å². The van der Waals surface area contributed by atoms with Crippen LogP contribution in [0.3, 0.4) is 0 Å². The molecular weight excluding hydrogens is 209 g/mol. The maximum atomic E-state index is 5.74. The largest absolute Gasteiger partial charge is 0.341 e. The summed E-state index contributed by atoms with van der Waals surface area (Å²) in [5.74, 6) is 0.549.